The summed E-state index contributed by atoms with van der Waals surface area (Å²) in [5, 5.41) is 10.1. The van der Waals surface area contributed by atoms with E-state index >= 15 is 0 Å². The van der Waals surface area contributed by atoms with Crippen LogP contribution in [0.1, 0.15) is 12.5 Å². The number of carbonyl (C=O) groups excluding carboxylic acids is 3. The Hall–Kier alpha value is -2.94. The van der Waals surface area contributed by atoms with Crippen molar-refractivity contribution in [2.45, 2.75) is 18.7 Å². The predicted octanol–water partition coefficient (Wildman–Crippen LogP) is 2.23. The first-order valence-corrected chi connectivity index (χ1v) is 8.42. The molecule has 0 radical (unpaired) electrons. The third-order valence-corrected chi connectivity index (χ3v) is 4.67. The van der Waals surface area contributed by atoms with Gasteiger partial charge < -0.3 is 9.84 Å². The molecule has 2 aliphatic rings. The van der Waals surface area contributed by atoms with Gasteiger partial charge in [0.2, 0.25) is 11.8 Å². The summed E-state index contributed by atoms with van der Waals surface area (Å²) in [6.45, 7) is 0.959. The van der Waals surface area contributed by atoms with Gasteiger partial charge in [0, 0.05) is 5.56 Å². The van der Waals surface area contributed by atoms with Gasteiger partial charge in [-0.2, -0.15) is 13.2 Å². The van der Waals surface area contributed by atoms with Crippen molar-refractivity contribution >= 4 is 23.5 Å². The highest BCUT2D eigenvalue weighted by molar-refractivity contribution is 6.23. The van der Waals surface area contributed by atoms with E-state index in [2.05, 4.69) is 4.74 Å². The molecule has 0 saturated carbocycles. The summed E-state index contributed by atoms with van der Waals surface area (Å²) in [5.41, 5.74) is -4.60. The molecule has 1 aliphatic carbocycles. The average molecular weight is 395 g/mol. The number of carbonyl (C=O) groups is 3. The summed E-state index contributed by atoms with van der Waals surface area (Å²) in [4.78, 5) is 37.7. The maximum Gasteiger partial charge on any atom is 0.432 e. The number of benzene rings is 1. The number of hydrogen-bond acceptors (Lipinski definition) is 5. The number of nitrogens with zero attached hydrogens (tertiary/aromatic N) is 1. The Balaban J connectivity index is 1.96. The van der Waals surface area contributed by atoms with Crippen LogP contribution in [0.25, 0.3) is 0 Å². The van der Waals surface area contributed by atoms with Gasteiger partial charge in [0.1, 0.15) is 0 Å². The molecule has 1 N–H and O–H groups in total. The highest BCUT2D eigenvalue weighted by Crippen LogP contribution is 2.41. The van der Waals surface area contributed by atoms with Crippen LogP contribution in [0.15, 0.2) is 48.6 Å². The number of ether oxygens (including phenoxy) is 1. The van der Waals surface area contributed by atoms with Gasteiger partial charge in [-0.3, -0.25) is 9.59 Å². The molecular formula is C19H16F3NO5. The zero-order chi connectivity index (χ0) is 20.7. The summed E-state index contributed by atoms with van der Waals surface area (Å²) in [7, 11) is 0. The molecule has 6 nitrogen and oxygen atoms in total. The number of anilines is 1. The van der Waals surface area contributed by atoms with Gasteiger partial charge in [0.15, 0.2) is 0 Å². The molecule has 0 spiro atoms. The van der Waals surface area contributed by atoms with E-state index < -0.39 is 47.0 Å². The van der Waals surface area contributed by atoms with E-state index in [1.807, 2.05) is 0 Å². The first kappa shape index (κ1) is 19.8. The minimum Gasteiger partial charge on any atom is -0.463 e. The SMILES string of the molecule is CCOC(=O)[C@@](O)(c1ccc(N2C(=O)[C@H]3C=CC=C[C@@H]3C2=O)cc1)C(F)(F)F. The second kappa shape index (κ2) is 6.90. The summed E-state index contributed by atoms with van der Waals surface area (Å²) >= 11 is 0. The van der Waals surface area contributed by atoms with E-state index in [9.17, 15) is 32.7 Å². The van der Waals surface area contributed by atoms with E-state index in [1.165, 1.54) is 6.92 Å². The van der Waals surface area contributed by atoms with E-state index in [-0.39, 0.29) is 12.3 Å². The van der Waals surface area contributed by atoms with Gasteiger partial charge in [-0.25, -0.2) is 9.69 Å². The second-order valence-corrected chi connectivity index (χ2v) is 6.31. The summed E-state index contributed by atoms with van der Waals surface area (Å²) < 4.78 is 44.6. The molecule has 1 saturated heterocycles. The molecule has 1 heterocycles. The fraction of sp³-hybridized carbons (Fsp3) is 0.316. The van der Waals surface area contributed by atoms with Crippen molar-refractivity contribution in [3.8, 4) is 0 Å². The van der Waals surface area contributed by atoms with Crippen LogP contribution in [0.3, 0.4) is 0 Å². The number of fused-ring (bicyclic) bond motifs is 1. The second-order valence-electron chi connectivity index (χ2n) is 6.31. The molecule has 3 rings (SSSR count). The van der Waals surface area contributed by atoms with Gasteiger partial charge in [-0.1, -0.05) is 36.4 Å². The molecule has 2 amide bonds. The van der Waals surface area contributed by atoms with E-state index in [0.717, 1.165) is 29.2 Å². The molecule has 1 aliphatic heterocycles. The van der Waals surface area contributed by atoms with Crippen LogP contribution >= 0.6 is 0 Å². The number of alkyl halides is 3. The Bertz CT molecular complexity index is 845. The van der Waals surface area contributed by atoms with Gasteiger partial charge in [-0.05, 0) is 19.1 Å². The fourth-order valence-electron chi connectivity index (χ4n) is 3.22. The van der Waals surface area contributed by atoms with Crippen molar-refractivity contribution in [3.05, 3.63) is 54.1 Å². The Morgan fingerprint density at radius 1 is 1.07 bits per heavy atom. The van der Waals surface area contributed by atoms with Crippen molar-refractivity contribution in [1.82, 2.24) is 0 Å². The molecule has 148 valence electrons. The monoisotopic (exact) mass is 395 g/mol. The first-order chi connectivity index (χ1) is 13.1. The van der Waals surface area contributed by atoms with Crippen LogP contribution in [-0.4, -0.2) is 35.7 Å². The van der Waals surface area contributed by atoms with Crippen molar-refractivity contribution < 1.29 is 37.4 Å². The van der Waals surface area contributed by atoms with Crippen molar-refractivity contribution in [3.63, 3.8) is 0 Å². The normalized spacial score (nSPS) is 23.5. The van der Waals surface area contributed by atoms with E-state index in [4.69, 9.17) is 0 Å². The molecule has 1 fully saturated rings. The Kier molecular flexibility index (Phi) is 4.88. The van der Waals surface area contributed by atoms with E-state index in [1.54, 1.807) is 24.3 Å². The van der Waals surface area contributed by atoms with Crippen LogP contribution < -0.4 is 4.90 Å². The quantitative estimate of drug-likeness (QED) is 0.625. The summed E-state index contributed by atoms with van der Waals surface area (Å²) in [6, 6.07) is 3.83. The maximum absolute atomic E-state index is 13.4. The van der Waals surface area contributed by atoms with Crippen molar-refractivity contribution in [2.24, 2.45) is 11.8 Å². The number of amides is 2. The number of esters is 1. The van der Waals surface area contributed by atoms with Crippen molar-refractivity contribution in [2.75, 3.05) is 11.5 Å². The lowest BCUT2D eigenvalue weighted by molar-refractivity contribution is -0.267. The van der Waals surface area contributed by atoms with Gasteiger partial charge in [-0.15, -0.1) is 0 Å². The highest BCUT2D eigenvalue weighted by atomic mass is 19.4. The topological polar surface area (TPSA) is 83.9 Å². The zero-order valence-electron chi connectivity index (χ0n) is 14.6. The third-order valence-electron chi connectivity index (χ3n) is 4.67. The minimum absolute atomic E-state index is 0.0448. The number of halogens is 3. The summed E-state index contributed by atoms with van der Waals surface area (Å²) in [5.74, 6) is -4.18. The molecule has 28 heavy (non-hydrogen) atoms. The molecular weight excluding hydrogens is 379 g/mol. The Morgan fingerprint density at radius 2 is 1.57 bits per heavy atom. The maximum atomic E-state index is 13.4. The smallest absolute Gasteiger partial charge is 0.432 e. The minimum atomic E-state index is -5.33. The largest absolute Gasteiger partial charge is 0.463 e. The number of imide groups is 1. The molecule has 0 unspecified atom stereocenters. The Morgan fingerprint density at radius 3 is 2.00 bits per heavy atom. The van der Waals surface area contributed by atoms with Gasteiger partial charge in [0.05, 0.1) is 24.1 Å². The molecule has 3 atom stereocenters. The lowest BCUT2D eigenvalue weighted by Gasteiger charge is -2.28. The molecule has 9 heteroatoms. The lowest BCUT2D eigenvalue weighted by atomic mass is 9.91. The number of hydrogen-bond donors (Lipinski definition) is 1. The fourth-order valence-corrected chi connectivity index (χ4v) is 3.22. The third kappa shape index (κ3) is 2.91. The van der Waals surface area contributed by atoms with Crippen molar-refractivity contribution in [1.29, 1.82) is 0 Å². The average Bonchev–Trinajstić information content (AvgIpc) is 2.91. The van der Waals surface area contributed by atoms with Gasteiger partial charge in [0.25, 0.3) is 5.60 Å². The molecule has 1 aromatic carbocycles. The molecule has 0 aromatic heterocycles. The van der Waals surface area contributed by atoms with Crippen LogP contribution in [0.2, 0.25) is 0 Å². The standard InChI is InChI=1S/C19H16F3NO5/c1-2-28-17(26)18(27,19(20,21)22)11-7-9-12(10-8-11)23-15(24)13-5-3-4-6-14(13)16(23)25/h3-10,13-14,27H,2H2,1H3/t13-,14-,18-/m0/s1. The number of aliphatic hydroxyl groups is 1. The van der Waals surface area contributed by atoms with E-state index in [0.29, 0.717) is 0 Å². The van der Waals surface area contributed by atoms with Crippen LogP contribution in [0, 0.1) is 11.8 Å². The van der Waals surface area contributed by atoms with Gasteiger partial charge >= 0.3 is 12.1 Å². The number of allylic oxidation sites excluding steroid dienone is 2. The molecule has 0 bridgehead atoms. The van der Waals surface area contributed by atoms with Crippen LogP contribution in [0.4, 0.5) is 18.9 Å². The first-order valence-electron chi connectivity index (χ1n) is 8.42. The predicted molar refractivity (Wildman–Crippen MR) is 90.8 cm³/mol. The lowest BCUT2D eigenvalue weighted by Crippen LogP contribution is -2.50. The zero-order valence-corrected chi connectivity index (χ0v) is 14.6. The highest BCUT2D eigenvalue weighted by Gasteiger charge is 2.62. The van der Waals surface area contributed by atoms with Crippen LogP contribution in [0.5, 0.6) is 0 Å². The Labute approximate surface area is 157 Å². The molecule has 1 aromatic rings. The van der Waals surface area contributed by atoms with Crippen LogP contribution in [-0.2, 0) is 24.7 Å². The summed E-state index contributed by atoms with van der Waals surface area (Å²) in [6.07, 6.45) is 1.12. The number of rotatable bonds is 4.